The highest BCUT2D eigenvalue weighted by Gasteiger charge is 2.06. The van der Waals surface area contributed by atoms with Crippen LogP contribution >= 0.6 is 11.6 Å². The van der Waals surface area contributed by atoms with E-state index in [0.717, 1.165) is 0 Å². The number of amides is 1. The van der Waals surface area contributed by atoms with Crippen LogP contribution in [0.5, 0.6) is 0 Å². The maximum Gasteiger partial charge on any atom is 0.251 e. The average Bonchev–Trinajstić information content (AvgIpc) is 2.12. The lowest BCUT2D eigenvalue weighted by molar-refractivity contribution is 0.0944. The Morgan fingerprint density at radius 1 is 1.64 bits per heavy atom. The Morgan fingerprint density at radius 3 is 2.93 bits per heavy atom. The molecule has 0 atom stereocenters. The number of aryl methyl sites for hydroxylation is 1. The normalized spacial score (nSPS) is 9.93. The van der Waals surface area contributed by atoms with Crippen molar-refractivity contribution in [3.8, 4) is 0 Å². The molecule has 0 fully saturated rings. The summed E-state index contributed by atoms with van der Waals surface area (Å²) < 4.78 is 0. The van der Waals surface area contributed by atoms with Crippen molar-refractivity contribution in [1.29, 1.82) is 0 Å². The van der Waals surface area contributed by atoms with Crippen LogP contribution in [0.3, 0.4) is 0 Å². The standard InChI is InChI=1S/C9H11ClN2O2/c1-6-4-7(5-8(10)12-6)9(14)11-2-3-13/h4-5,13H,2-3H2,1H3,(H,11,14). The molecule has 0 unspecified atom stereocenters. The predicted octanol–water partition coefficient (Wildman–Crippen LogP) is 0.766. The SMILES string of the molecule is Cc1cc(C(=O)NCCO)cc(Cl)n1. The quantitative estimate of drug-likeness (QED) is 0.731. The largest absolute Gasteiger partial charge is 0.395 e. The number of nitrogens with one attached hydrogen (secondary N) is 1. The third kappa shape index (κ3) is 2.97. The molecule has 14 heavy (non-hydrogen) atoms. The summed E-state index contributed by atoms with van der Waals surface area (Å²) in [5, 5.41) is 11.3. The van der Waals surface area contributed by atoms with E-state index in [2.05, 4.69) is 10.3 Å². The van der Waals surface area contributed by atoms with E-state index in [0.29, 0.717) is 16.4 Å². The molecule has 4 nitrogen and oxygen atoms in total. The molecule has 0 aliphatic heterocycles. The highest BCUT2D eigenvalue weighted by atomic mass is 35.5. The Kier molecular flexibility index (Phi) is 3.85. The monoisotopic (exact) mass is 214 g/mol. The second-order valence-electron chi connectivity index (χ2n) is 2.80. The maximum atomic E-state index is 11.4. The van der Waals surface area contributed by atoms with Crippen molar-refractivity contribution in [3.05, 3.63) is 28.5 Å². The third-order valence-corrected chi connectivity index (χ3v) is 1.78. The highest BCUT2D eigenvalue weighted by molar-refractivity contribution is 6.29. The summed E-state index contributed by atoms with van der Waals surface area (Å²) in [4.78, 5) is 15.3. The van der Waals surface area contributed by atoms with E-state index >= 15 is 0 Å². The summed E-state index contributed by atoms with van der Waals surface area (Å²) in [6.07, 6.45) is 0. The molecular weight excluding hydrogens is 204 g/mol. The average molecular weight is 215 g/mol. The van der Waals surface area contributed by atoms with Crippen LogP contribution in [0.25, 0.3) is 0 Å². The number of hydrogen-bond acceptors (Lipinski definition) is 3. The Bertz CT molecular complexity index is 321. The van der Waals surface area contributed by atoms with Gasteiger partial charge >= 0.3 is 0 Å². The molecule has 0 bridgehead atoms. The summed E-state index contributed by atoms with van der Waals surface area (Å²) in [6.45, 7) is 1.91. The molecule has 0 saturated heterocycles. The zero-order valence-corrected chi connectivity index (χ0v) is 8.51. The molecule has 1 aromatic heterocycles. The smallest absolute Gasteiger partial charge is 0.251 e. The van der Waals surface area contributed by atoms with Gasteiger partial charge in [0.05, 0.1) is 6.61 Å². The fourth-order valence-electron chi connectivity index (χ4n) is 1.03. The molecule has 5 heteroatoms. The number of rotatable bonds is 3. The summed E-state index contributed by atoms with van der Waals surface area (Å²) in [7, 11) is 0. The molecule has 0 aliphatic carbocycles. The van der Waals surface area contributed by atoms with Crippen LogP contribution < -0.4 is 5.32 Å². The van der Waals surface area contributed by atoms with Crippen LogP contribution in [0.1, 0.15) is 16.1 Å². The fourth-order valence-corrected chi connectivity index (χ4v) is 1.28. The first-order valence-corrected chi connectivity index (χ1v) is 4.54. The van der Waals surface area contributed by atoms with Gasteiger partial charge in [0.25, 0.3) is 5.91 Å². The summed E-state index contributed by atoms with van der Waals surface area (Å²) in [6, 6.07) is 3.12. The van der Waals surface area contributed by atoms with Crippen LogP contribution in [0.4, 0.5) is 0 Å². The van der Waals surface area contributed by atoms with Crippen molar-refractivity contribution in [2.24, 2.45) is 0 Å². The summed E-state index contributed by atoms with van der Waals surface area (Å²) in [5.74, 6) is -0.258. The first-order chi connectivity index (χ1) is 6.63. The molecule has 76 valence electrons. The van der Waals surface area contributed by atoms with Crippen molar-refractivity contribution >= 4 is 17.5 Å². The number of nitrogens with zero attached hydrogens (tertiary/aromatic N) is 1. The van der Waals surface area contributed by atoms with E-state index in [9.17, 15) is 4.79 Å². The molecule has 0 saturated carbocycles. The number of carbonyl (C=O) groups excluding carboxylic acids is 1. The predicted molar refractivity (Wildman–Crippen MR) is 53.4 cm³/mol. The molecule has 1 aromatic rings. The third-order valence-electron chi connectivity index (χ3n) is 1.58. The van der Waals surface area contributed by atoms with Crippen molar-refractivity contribution in [2.75, 3.05) is 13.2 Å². The van der Waals surface area contributed by atoms with E-state index in [1.54, 1.807) is 13.0 Å². The van der Waals surface area contributed by atoms with Gasteiger partial charge in [0.15, 0.2) is 0 Å². The number of aromatic nitrogens is 1. The Morgan fingerprint density at radius 2 is 2.36 bits per heavy atom. The minimum absolute atomic E-state index is 0.0798. The van der Waals surface area contributed by atoms with E-state index in [-0.39, 0.29) is 19.1 Å². The van der Waals surface area contributed by atoms with Crippen LogP contribution in [0.2, 0.25) is 5.15 Å². The molecule has 0 spiro atoms. The Balaban J connectivity index is 2.79. The van der Waals surface area contributed by atoms with Crippen molar-refractivity contribution in [2.45, 2.75) is 6.92 Å². The number of carbonyl (C=O) groups is 1. The lowest BCUT2D eigenvalue weighted by Crippen LogP contribution is -2.26. The van der Waals surface area contributed by atoms with Gasteiger partial charge < -0.3 is 10.4 Å². The lowest BCUT2D eigenvalue weighted by atomic mass is 10.2. The molecule has 0 aromatic carbocycles. The second-order valence-corrected chi connectivity index (χ2v) is 3.19. The van der Waals surface area contributed by atoms with Gasteiger partial charge in [-0.3, -0.25) is 4.79 Å². The van der Waals surface area contributed by atoms with Gasteiger partial charge in [-0.15, -0.1) is 0 Å². The van der Waals surface area contributed by atoms with Gasteiger partial charge in [-0.25, -0.2) is 4.98 Å². The van der Waals surface area contributed by atoms with Crippen LogP contribution in [0.15, 0.2) is 12.1 Å². The minimum Gasteiger partial charge on any atom is -0.395 e. The molecule has 0 aliphatic rings. The Labute approximate surface area is 86.9 Å². The van der Waals surface area contributed by atoms with Gasteiger partial charge in [0.2, 0.25) is 0 Å². The van der Waals surface area contributed by atoms with E-state index in [4.69, 9.17) is 16.7 Å². The van der Waals surface area contributed by atoms with Gasteiger partial charge in [-0.1, -0.05) is 11.6 Å². The van der Waals surface area contributed by atoms with Gasteiger partial charge in [-0.2, -0.15) is 0 Å². The molecular formula is C9H11ClN2O2. The minimum atomic E-state index is -0.258. The fraction of sp³-hybridized carbons (Fsp3) is 0.333. The van der Waals surface area contributed by atoms with E-state index < -0.39 is 0 Å². The summed E-state index contributed by atoms with van der Waals surface area (Å²) >= 11 is 5.69. The molecule has 2 N–H and O–H groups in total. The number of pyridine rings is 1. The lowest BCUT2D eigenvalue weighted by Gasteiger charge is -2.04. The maximum absolute atomic E-state index is 11.4. The zero-order chi connectivity index (χ0) is 10.6. The molecule has 0 radical (unpaired) electrons. The van der Waals surface area contributed by atoms with Crippen molar-refractivity contribution < 1.29 is 9.90 Å². The number of hydrogen-bond donors (Lipinski definition) is 2. The van der Waals surface area contributed by atoms with Gasteiger partial charge in [0, 0.05) is 17.8 Å². The topological polar surface area (TPSA) is 62.2 Å². The highest BCUT2D eigenvalue weighted by Crippen LogP contribution is 2.09. The van der Waals surface area contributed by atoms with Crippen molar-refractivity contribution in [1.82, 2.24) is 10.3 Å². The van der Waals surface area contributed by atoms with Crippen LogP contribution in [-0.2, 0) is 0 Å². The van der Waals surface area contributed by atoms with E-state index in [1.807, 2.05) is 0 Å². The first kappa shape index (κ1) is 10.9. The van der Waals surface area contributed by atoms with Crippen LogP contribution in [-0.4, -0.2) is 29.1 Å². The first-order valence-electron chi connectivity index (χ1n) is 4.16. The Hall–Kier alpha value is -1.13. The zero-order valence-electron chi connectivity index (χ0n) is 7.75. The van der Waals surface area contributed by atoms with E-state index in [1.165, 1.54) is 6.07 Å². The van der Waals surface area contributed by atoms with Gasteiger partial charge in [0.1, 0.15) is 5.15 Å². The summed E-state index contributed by atoms with van der Waals surface area (Å²) in [5.41, 5.74) is 1.14. The van der Waals surface area contributed by atoms with Gasteiger partial charge in [-0.05, 0) is 19.1 Å². The number of halogens is 1. The number of aliphatic hydroxyl groups excluding tert-OH is 1. The number of aliphatic hydroxyl groups is 1. The van der Waals surface area contributed by atoms with Crippen molar-refractivity contribution in [3.63, 3.8) is 0 Å². The molecule has 1 amide bonds. The van der Waals surface area contributed by atoms with Crippen LogP contribution in [0, 0.1) is 6.92 Å². The molecule has 1 rings (SSSR count). The second kappa shape index (κ2) is 4.93. The molecule has 1 heterocycles.